The normalized spacial score (nSPS) is 11.0. The van der Waals surface area contributed by atoms with Gasteiger partial charge in [0.2, 0.25) is 0 Å². The number of fused-ring (bicyclic) bond motifs is 3. The third-order valence-electron chi connectivity index (χ3n) is 5.37. The summed E-state index contributed by atoms with van der Waals surface area (Å²) in [5, 5.41) is 4.43. The minimum Gasteiger partial charge on any atom is -0.493 e. The lowest BCUT2D eigenvalue weighted by molar-refractivity contribution is 0.355. The molecule has 5 heteroatoms. The number of rotatable bonds is 7. The Morgan fingerprint density at radius 3 is 1.83 bits per heavy atom. The van der Waals surface area contributed by atoms with Gasteiger partial charge in [0, 0.05) is 11.9 Å². The number of hydrogen-bond acceptors (Lipinski definition) is 4. The van der Waals surface area contributed by atoms with Gasteiger partial charge in [-0.15, -0.1) is 0 Å². The maximum absolute atomic E-state index is 5.57. The molecule has 1 aromatic heterocycles. The van der Waals surface area contributed by atoms with Gasteiger partial charge in [0.1, 0.15) is 0 Å². The second-order valence-electron chi connectivity index (χ2n) is 6.91. The zero-order chi connectivity index (χ0) is 20.4. The molecule has 0 spiro atoms. The van der Waals surface area contributed by atoms with Crippen molar-refractivity contribution in [1.82, 2.24) is 4.98 Å². The van der Waals surface area contributed by atoms with Crippen LogP contribution in [-0.4, -0.2) is 33.4 Å². The molecule has 150 valence electrons. The monoisotopic (exact) mass is 391 g/mol. The zero-order valence-corrected chi connectivity index (χ0v) is 17.2. The van der Waals surface area contributed by atoms with Crippen molar-refractivity contribution in [3.05, 3.63) is 59.9 Å². The van der Waals surface area contributed by atoms with Crippen LogP contribution in [0, 0.1) is 0 Å². The first-order valence-corrected chi connectivity index (χ1v) is 9.54. The predicted molar refractivity (Wildman–Crippen MR) is 116 cm³/mol. The molecule has 4 aromatic rings. The van der Waals surface area contributed by atoms with Crippen molar-refractivity contribution in [2.45, 2.75) is 12.8 Å². The number of benzene rings is 3. The number of aromatic amines is 1. The highest BCUT2D eigenvalue weighted by Gasteiger charge is 2.15. The molecule has 3 aromatic carbocycles. The summed E-state index contributed by atoms with van der Waals surface area (Å²) in [5.74, 6) is 2.85. The topological polar surface area (TPSA) is 52.7 Å². The van der Waals surface area contributed by atoms with Gasteiger partial charge in [-0.2, -0.15) is 0 Å². The van der Waals surface area contributed by atoms with E-state index in [1.165, 1.54) is 11.3 Å². The second-order valence-corrected chi connectivity index (χ2v) is 6.91. The molecule has 0 atom stereocenters. The number of aryl methyl sites for hydroxylation is 2. The number of H-pyrrole nitrogens is 1. The molecule has 0 aliphatic heterocycles. The predicted octanol–water partition coefficient (Wildman–Crippen LogP) is 5.14. The zero-order valence-electron chi connectivity index (χ0n) is 17.2. The van der Waals surface area contributed by atoms with Crippen LogP contribution in [0.15, 0.2) is 48.7 Å². The summed E-state index contributed by atoms with van der Waals surface area (Å²) < 4.78 is 22.2. The van der Waals surface area contributed by atoms with E-state index in [2.05, 4.69) is 23.2 Å². The lowest BCUT2D eigenvalue weighted by Crippen LogP contribution is -1.97. The molecule has 0 unspecified atom stereocenters. The molecule has 0 aliphatic rings. The minimum absolute atomic E-state index is 0.704. The molecule has 5 nitrogen and oxygen atoms in total. The fraction of sp³-hybridized carbons (Fsp3) is 0.250. The Balaban J connectivity index is 1.97. The maximum atomic E-state index is 5.57. The van der Waals surface area contributed by atoms with Crippen LogP contribution in [-0.2, 0) is 12.8 Å². The highest BCUT2D eigenvalue weighted by Crippen LogP contribution is 2.41. The van der Waals surface area contributed by atoms with Crippen molar-refractivity contribution < 1.29 is 18.9 Å². The van der Waals surface area contributed by atoms with Gasteiger partial charge in [-0.25, -0.2) is 0 Å². The molecule has 0 radical (unpaired) electrons. The number of methoxy groups -OCH3 is 4. The summed E-state index contributed by atoms with van der Waals surface area (Å²) >= 11 is 0. The van der Waals surface area contributed by atoms with E-state index >= 15 is 0 Å². The van der Waals surface area contributed by atoms with Crippen LogP contribution in [0.4, 0.5) is 0 Å². The number of nitrogens with one attached hydrogen (secondary N) is 1. The SMILES string of the molecule is COc1cc2cc(CCc3ccc[nH]3)c3cc(OC)c(OC)cc3c2cc1OC. The first-order valence-electron chi connectivity index (χ1n) is 9.54. The van der Waals surface area contributed by atoms with Gasteiger partial charge in [0.15, 0.2) is 23.0 Å². The Hall–Kier alpha value is -3.34. The summed E-state index contributed by atoms with van der Waals surface area (Å²) in [4.78, 5) is 3.29. The Morgan fingerprint density at radius 2 is 1.24 bits per heavy atom. The van der Waals surface area contributed by atoms with E-state index < -0.39 is 0 Å². The largest absolute Gasteiger partial charge is 0.493 e. The Kier molecular flexibility index (Phi) is 5.21. The lowest BCUT2D eigenvalue weighted by Gasteiger charge is -2.16. The van der Waals surface area contributed by atoms with E-state index in [1.54, 1.807) is 28.4 Å². The van der Waals surface area contributed by atoms with E-state index in [9.17, 15) is 0 Å². The van der Waals surface area contributed by atoms with Gasteiger partial charge in [-0.05, 0) is 76.3 Å². The minimum atomic E-state index is 0.704. The van der Waals surface area contributed by atoms with Gasteiger partial charge in [-0.3, -0.25) is 0 Å². The van der Waals surface area contributed by atoms with Gasteiger partial charge < -0.3 is 23.9 Å². The van der Waals surface area contributed by atoms with Crippen molar-refractivity contribution in [2.24, 2.45) is 0 Å². The summed E-state index contributed by atoms with van der Waals surface area (Å²) in [5.41, 5.74) is 2.46. The van der Waals surface area contributed by atoms with Crippen molar-refractivity contribution in [3.8, 4) is 23.0 Å². The number of aromatic nitrogens is 1. The average molecular weight is 391 g/mol. The molecule has 1 heterocycles. The quantitative estimate of drug-likeness (QED) is 0.443. The first kappa shape index (κ1) is 19.0. The fourth-order valence-corrected chi connectivity index (χ4v) is 3.88. The number of hydrogen-bond donors (Lipinski definition) is 1. The molecule has 0 aliphatic carbocycles. The van der Waals surface area contributed by atoms with Crippen LogP contribution in [0.1, 0.15) is 11.3 Å². The maximum Gasteiger partial charge on any atom is 0.161 e. The third-order valence-corrected chi connectivity index (χ3v) is 5.37. The molecule has 29 heavy (non-hydrogen) atoms. The highest BCUT2D eigenvalue weighted by molar-refractivity contribution is 6.11. The van der Waals surface area contributed by atoms with Crippen LogP contribution >= 0.6 is 0 Å². The first-order chi connectivity index (χ1) is 14.2. The van der Waals surface area contributed by atoms with Crippen LogP contribution in [0.2, 0.25) is 0 Å². The summed E-state index contributed by atoms with van der Waals surface area (Å²) in [6.45, 7) is 0. The van der Waals surface area contributed by atoms with E-state index in [4.69, 9.17) is 18.9 Å². The van der Waals surface area contributed by atoms with Crippen molar-refractivity contribution in [1.29, 1.82) is 0 Å². The van der Waals surface area contributed by atoms with Crippen LogP contribution in [0.3, 0.4) is 0 Å². The van der Waals surface area contributed by atoms with Crippen LogP contribution in [0.5, 0.6) is 23.0 Å². The Bertz CT molecular complexity index is 1150. The summed E-state index contributed by atoms with van der Waals surface area (Å²) in [7, 11) is 6.63. The summed E-state index contributed by atoms with van der Waals surface area (Å²) in [6.07, 6.45) is 3.78. The molecular weight excluding hydrogens is 366 g/mol. The third kappa shape index (κ3) is 3.44. The molecule has 4 rings (SSSR count). The van der Waals surface area contributed by atoms with E-state index in [0.29, 0.717) is 11.5 Å². The van der Waals surface area contributed by atoms with E-state index in [-0.39, 0.29) is 0 Å². The standard InChI is InChI=1S/C24H25NO4/c1-26-21-11-16-10-15(7-8-17-6-5-9-25-17)18-12-23(28-3)24(29-4)14-20(18)19(16)13-22(21)27-2/h5-6,9-14,25H,7-8H2,1-4H3. The molecular formula is C24H25NO4. The van der Waals surface area contributed by atoms with Gasteiger partial charge in [0.25, 0.3) is 0 Å². The van der Waals surface area contributed by atoms with Crippen LogP contribution in [0.25, 0.3) is 21.5 Å². The van der Waals surface area contributed by atoms with Gasteiger partial charge in [-0.1, -0.05) is 6.07 Å². The van der Waals surface area contributed by atoms with Crippen molar-refractivity contribution in [2.75, 3.05) is 28.4 Å². The molecule has 0 saturated heterocycles. The summed E-state index contributed by atoms with van der Waals surface area (Å²) in [6, 6.07) is 14.5. The second kappa shape index (κ2) is 7.95. The average Bonchev–Trinajstić information content (AvgIpc) is 3.29. The van der Waals surface area contributed by atoms with Gasteiger partial charge in [0.05, 0.1) is 28.4 Å². The van der Waals surface area contributed by atoms with E-state index in [0.717, 1.165) is 45.9 Å². The lowest BCUT2D eigenvalue weighted by atomic mass is 9.93. The highest BCUT2D eigenvalue weighted by atomic mass is 16.5. The van der Waals surface area contributed by atoms with Crippen molar-refractivity contribution >= 4 is 21.5 Å². The fourth-order valence-electron chi connectivity index (χ4n) is 3.88. The Morgan fingerprint density at radius 1 is 0.655 bits per heavy atom. The molecule has 0 amide bonds. The van der Waals surface area contributed by atoms with Gasteiger partial charge >= 0.3 is 0 Å². The molecule has 0 fully saturated rings. The van der Waals surface area contributed by atoms with Crippen LogP contribution < -0.4 is 18.9 Å². The smallest absolute Gasteiger partial charge is 0.161 e. The number of ether oxygens (including phenoxy) is 4. The van der Waals surface area contributed by atoms with Crippen molar-refractivity contribution in [3.63, 3.8) is 0 Å². The molecule has 1 N–H and O–H groups in total. The molecule has 0 bridgehead atoms. The molecule has 0 saturated carbocycles. The Labute approximate surface area is 170 Å². The van der Waals surface area contributed by atoms with E-state index in [1.807, 2.05) is 30.5 Å².